The Morgan fingerprint density at radius 3 is 2.41 bits per heavy atom. The van der Waals surface area contributed by atoms with Crippen LogP contribution < -0.4 is 0 Å². The summed E-state index contributed by atoms with van der Waals surface area (Å²) in [5, 5.41) is 0. The number of ether oxygens (including phenoxy) is 1. The van der Waals surface area contributed by atoms with Crippen LogP contribution in [0.25, 0.3) is 0 Å². The number of rotatable bonds is 7. The molecule has 1 aliphatic rings. The molecule has 0 aromatic carbocycles. The molecule has 100 valence electrons. The topological polar surface area (TPSA) is 32.8 Å². The molecule has 0 unspecified atom stereocenters. The highest BCUT2D eigenvalue weighted by molar-refractivity contribution is 5.77. The Kier molecular flexibility index (Phi) is 6.52. The molecule has 1 fully saturated rings. The van der Waals surface area contributed by atoms with Crippen LogP contribution in [0.15, 0.2) is 0 Å². The SMILES string of the molecule is CCOCC(=O)N(CCN(C)C)C1CCCC1. The van der Waals surface area contributed by atoms with Crippen molar-refractivity contribution in [2.24, 2.45) is 0 Å². The molecule has 0 bridgehead atoms. The minimum atomic E-state index is 0.153. The van der Waals surface area contributed by atoms with Gasteiger partial charge in [0.2, 0.25) is 5.91 Å². The van der Waals surface area contributed by atoms with Gasteiger partial charge in [-0.15, -0.1) is 0 Å². The van der Waals surface area contributed by atoms with Gasteiger partial charge >= 0.3 is 0 Å². The first-order valence-corrected chi connectivity index (χ1v) is 6.67. The van der Waals surface area contributed by atoms with E-state index in [1.807, 2.05) is 25.9 Å². The Bertz CT molecular complexity index is 225. The van der Waals surface area contributed by atoms with E-state index in [9.17, 15) is 4.79 Å². The van der Waals surface area contributed by atoms with E-state index >= 15 is 0 Å². The number of likely N-dealkylation sites (N-methyl/N-ethyl adjacent to an activating group) is 1. The van der Waals surface area contributed by atoms with E-state index in [1.54, 1.807) is 0 Å². The normalized spacial score (nSPS) is 16.7. The average molecular weight is 242 g/mol. The van der Waals surface area contributed by atoms with Crippen molar-refractivity contribution in [1.82, 2.24) is 9.80 Å². The van der Waals surface area contributed by atoms with E-state index in [1.165, 1.54) is 12.8 Å². The molecule has 1 saturated carbocycles. The molecule has 4 heteroatoms. The van der Waals surface area contributed by atoms with E-state index in [0.29, 0.717) is 12.6 Å². The molecule has 1 rings (SSSR count). The van der Waals surface area contributed by atoms with Crippen LogP contribution in [0.3, 0.4) is 0 Å². The first-order valence-electron chi connectivity index (χ1n) is 6.67. The first kappa shape index (κ1) is 14.5. The minimum absolute atomic E-state index is 0.153. The summed E-state index contributed by atoms with van der Waals surface area (Å²) in [5.41, 5.74) is 0. The highest BCUT2D eigenvalue weighted by Crippen LogP contribution is 2.23. The summed E-state index contributed by atoms with van der Waals surface area (Å²) >= 11 is 0. The Hall–Kier alpha value is -0.610. The van der Waals surface area contributed by atoms with Gasteiger partial charge in [0.25, 0.3) is 0 Å². The summed E-state index contributed by atoms with van der Waals surface area (Å²) in [7, 11) is 4.08. The summed E-state index contributed by atoms with van der Waals surface area (Å²) in [5.74, 6) is 0.153. The largest absolute Gasteiger partial charge is 0.372 e. The molecule has 0 aromatic rings. The number of hydrogen-bond acceptors (Lipinski definition) is 3. The quantitative estimate of drug-likeness (QED) is 0.676. The predicted molar refractivity (Wildman–Crippen MR) is 69.0 cm³/mol. The molecule has 0 saturated heterocycles. The summed E-state index contributed by atoms with van der Waals surface area (Å²) < 4.78 is 5.24. The van der Waals surface area contributed by atoms with E-state index in [2.05, 4.69) is 4.90 Å². The number of nitrogens with zero attached hydrogens (tertiary/aromatic N) is 2. The molecule has 0 radical (unpaired) electrons. The molecule has 0 N–H and O–H groups in total. The third kappa shape index (κ3) is 5.04. The van der Waals surface area contributed by atoms with Gasteiger partial charge in [0.1, 0.15) is 6.61 Å². The molecule has 0 aliphatic heterocycles. The number of hydrogen-bond donors (Lipinski definition) is 0. The summed E-state index contributed by atoms with van der Waals surface area (Å²) in [4.78, 5) is 16.2. The van der Waals surface area contributed by atoms with Crippen LogP contribution in [0.4, 0.5) is 0 Å². The van der Waals surface area contributed by atoms with Crippen LogP contribution in [-0.4, -0.2) is 62.1 Å². The molecular weight excluding hydrogens is 216 g/mol. The van der Waals surface area contributed by atoms with Crippen molar-refractivity contribution in [2.45, 2.75) is 38.6 Å². The molecule has 0 atom stereocenters. The van der Waals surface area contributed by atoms with Crippen molar-refractivity contribution in [3.63, 3.8) is 0 Å². The summed E-state index contributed by atoms with van der Waals surface area (Å²) in [6, 6.07) is 0.447. The van der Waals surface area contributed by atoms with Gasteiger partial charge < -0.3 is 14.5 Å². The number of amides is 1. The van der Waals surface area contributed by atoms with Gasteiger partial charge in [-0.05, 0) is 33.9 Å². The third-order valence-electron chi connectivity index (χ3n) is 3.30. The maximum absolute atomic E-state index is 12.1. The highest BCUT2D eigenvalue weighted by atomic mass is 16.5. The number of carbonyl (C=O) groups excluding carboxylic acids is 1. The first-order chi connectivity index (χ1) is 8.15. The van der Waals surface area contributed by atoms with Crippen molar-refractivity contribution in [1.29, 1.82) is 0 Å². The molecular formula is C13H26N2O2. The van der Waals surface area contributed by atoms with Crippen molar-refractivity contribution < 1.29 is 9.53 Å². The van der Waals surface area contributed by atoms with Crippen LogP contribution >= 0.6 is 0 Å². The lowest BCUT2D eigenvalue weighted by molar-refractivity contribution is -0.138. The lowest BCUT2D eigenvalue weighted by atomic mass is 10.2. The molecule has 0 heterocycles. The van der Waals surface area contributed by atoms with Gasteiger partial charge in [0.05, 0.1) is 0 Å². The second-order valence-electron chi connectivity index (χ2n) is 4.97. The van der Waals surface area contributed by atoms with E-state index in [-0.39, 0.29) is 12.5 Å². The number of carbonyl (C=O) groups is 1. The zero-order valence-corrected chi connectivity index (χ0v) is 11.4. The van der Waals surface area contributed by atoms with Gasteiger partial charge in [-0.3, -0.25) is 4.79 Å². The monoisotopic (exact) mass is 242 g/mol. The average Bonchev–Trinajstić information content (AvgIpc) is 2.79. The van der Waals surface area contributed by atoms with Gasteiger partial charge in [-0.2, -0.15) is 0 Å². The second kappa shape index (κ2) is 7.67. The smallest absolute Gasteiger partial charge is 0.248 e. The van der Waals surface area contributed by atoms with Gasteiger partial charge in [0.15, 0.2) is 0 Å². The zero-order chi connectivity index (χ0) is 12.7. The Morgan fingerprint density at radius 1 is 1.24 bits per heavy atom. The van der Waals surface area contributed by atoms with Crippen molar-refractivity contribution >= 4 is 5.91 Å². The second-order valence-corrected chi connectivity index (χ2v) is 4.97. The fraction of sp³-hybridized carbons (Fsp3) is 0.923. The van der Waals surface area contributed by atoms with Crippen LogP contribution in [0.2, 0.25) is 0 Å². The molecule has 0 spiro atoms. The van der Waals surface area contributed by atoms with Gasteiger partial charge in [-0.1, -0.05) is 12.8 Å². The molecule has 17 heavy (non-hydrogen) atoms. The summed E-state index contributed by atoms with van der Waals surface area (Å²) in [6.07, 6.45) is 4.83. The van der Waals surface area contributed by atoms with Gasteiger partial charge in [-0.25, -0.2) is 0 Å². The van der Waals surface area contributed by atoms with Crippen molar-refractivity contribution in [2.75, 3.05) is 40.4 Å². The Labute approximate surface area is 105 Å². The molecule has 0 aromatic heterocycles. The van der Waals surface area contributed by atoms with Crippen LogP contribution in [0.1, 0.15) is 32.6 Å². The van der Waals surface area contributed by atoms with Crippen LogP contribution in [0, 0.1) is 0 Å². The Balaban J connectivity index is 2.47. The van der Waals surface area contributed by atoms with Crippen LogP contribution in [0.5, 0.6) is 0 Å². The molecule has 1 amide bonds. The highest BCUT2D eigenvalue weighted by Gasteiger charge is 2.26. The Morgan fingerprint density at radius 2 is 1.88 bits per heavy atom. The lowest BCUT2D eigenvalue weighted by Gasteiger charge is -2.30. The zero-order valence-electron chi connectivity index (χ0n) is 11.4. The van der Waals surface area contributed by atoms with E-state index in [0.717, 1.165) is 25.9 Å². The maximum atomic E-state index is 12.1. The molecule has 1 aliphatic carbocycles. The minimum Gasteiger partial charge on any atom is -0.372 e. The maximum Gasteiger partial charge on any atom is 0.248 e. The summed E-state index contributed by atoms with van der Waals surface area (Å²) in [6.45, 7) is 4.52. The van der Waals surface area contributed by atoms with Crippen LogP contribution in [-0.2, 0) is 9.53 Å². The van der Waals surface area contributed by atoms with Crippen molar-refractivity contribution in [3.8, 4) is 0 Å². The van der Waals surface area contributed by atoms with E-state index in [4.69, 9.17) is 4.74 Å². The molecule has 4 nitrogen and oxygen atoms in total. The van der Waals surface area contributed by atoms with Crippen molar-refractivity contribution in [3.05, 3.63) is 0 Å². The third-order valence-corrected chi connectivity index (χ3v) is 3.30. The standard InChI is InChI=1S/C13H26N2O2/c1-4-17-11-13(16)15(10-9-14(2)3)12-7-5-6-8-12/h12H,4-11H2,1-3H3. The van der Waals surface area contributed by atoms with E-state index < -0.39 is 0 Å². The predicted octanol–water partition coefficient (Wildman–Crippen LogP) is 1.36. The van der Waals surface area contributed by atoms with Gasteiger partial charge in [0, 0.05) is 25.7 Å². The lowest BCUT2D eigenvalue weighted by Crippen LogP contribution is -2.44. The fourth-order valence-electron chi connectivity index (χ4n) is 2.31. The fourth-order valence-corrected chi connectivity index (χ4v) is 2.31.